The molecule has 1 aromatic carbocycles. The summed E-state index contributed by atoms with van der Waals surface area (Å²) in [6.07, 6.45) is 5.74. The van der Waals surface area contributed by atoms with Crippen molar-refractivity contribution >= 4 is 15.9 Å². The lowest BCUT2D eigenvalue weighted by Gasteiger charge is -2.30. The maximum atomic E-state index is 13.3. The highest BCUT2D eigenvalue weighted by molar-refractivity contribution is 7.89. The molecule has 2 atom stereocenters. The number of furan rings is 1. The molecule has 30 heavy (non-hydrogen) atoms. The van der Waals surface area contributed by atoms with Crippen LogP contribution in [0.25, 0.3) is 0 Å². The summed E-state index contributed by atoms with van der Waals surface area (Å²) in [5.41, 5.74) is 0. The van der Waals surface area contributed by atoms with Gasteiger partial charge < -0.3 is 14.5 Å². The molecule has 3 rings (SSSR count). The number of rotatable bonds is 9. The fourth-order valence-corrected chi connectivity index (χ4v) is 5.13. The minimum absolute atomic E-state index is 0.0177. The van der Waals surface area contributed by atoms with Crippen LogP contribution >= 0.6 is 0 Å². The highest BCUT2D eigenvalue weighted by Gasteiger charge is 2.30. The molecule has 1 N–H and O–H groups in total. The molecular formula is C22H30N2O5S. The first-order valence-corrected chi connectivity index (χ1v) is 11.9. The molecule has 2 aromatic rings. The summed E-state index contributed by atoms with van der Waals surface area (Å²) >= 11 is 0. The second-order valence-corrected chi connectivity index (χ2v) is 9.63. The quantitative estimate of drug-likeness (QED) is 0.652. The molecule has 0 spiro atoms. The Bertz CT molecular complexity index is 910. The van der Waals surface area contributed by atoms with Crippen molar-refractivity contribution in [2.75, 3.05) is 13.2 Å². The maximum Gasteiger partial charge on any atom is 0.243 e. The van der Waals surface area contributed by atoms with Crippen LogP contribution in [0.1, 0.15) is 45.3 Å². The average molecular weight is 435 g/mol. The van der Waals surface area contributed by atoms with E-state index in [1.165, 1.54) is 24.8 Å². The first-order chi connectivity index (χ1) is 14.4. The van der Waals surface area contributed by atoms with E-state index in [2.05, 4.69) is 12.2 Å². The maximum absolute atomic E-state index is 13.3. The minimum Gasteiger partial charge on any atom is -0.494 e. The van der Waals surface area contributed by atoms with E-state index in [1.54, 1.807) is 24.3 Å². The molecule has 8 heteroatoms. The molecule has 164 valence electrons. The largest absolute Gasteiger partial charge is 0.494 e. The van der Waals surface area contributed by atoms with Crippen LogP contribution in [0.15, 0.2) is 52.0 Å². The third-order valence-electron chi connectivity index (χ3n) is 5.46. The number of carbonyl (C=O) groups is 1. The lowest BCUT2D eigenvalue weighted by atomic mass is 9.86. The first-order valence-electron chi connectivity index (χ1n) is 10.4. The monoisotopic (exact) mass is 434 g/mol. The van der Waals surface area contributed by atoms with Gasteiger partial charge >= 0.3 is 0 Å². The number of nitrogens with one attached hydrogen (secondary N) is 1. The predicted octanol–water partition coefficient (Wildman–Crippen LogP) is 3.56. The number of hydrogen-bond acceptors (Lipinski definition) is 5. The Balaban J connectivity index is 1.77. The van der Waals surface area contributed by atoms with Crippen molar-refractivity contribution in [3.05, 3.63) is 48.4 Å². The van der Waals surface area contributed by atoms with Crippen LogP contribution in [0, 0.1) is 5.92 Å². The summed E-state index contributed by atoms with van der Waals surface area (Å²) in [4.78, 5) is 12.9. The summed E-state index contributed by atoms with van der Waals surface area (Å²) in [6, 6.07) is 9.71. The molecule has 0 aliphatic heterocycles. The van der Waals surface area contributed by atoms with Crippen molar-refractivity contribution in [2.24, 2.45) is 5.92 Å². The van der Waals surface area contributed by atoms with Gasteiger partial charge in [-0.3, -0.25) is 4.79 Å². The zero-order valence-electron chi connectivity index (χ0n) is 17.5. The average Bonchev–Trinajstić information content (AvgIpc) is 3.23. The summed E-state index contributed by atoms with van der Waals surface area (Å²) in [5.74, 6) is 1.17. The molecular weight excluding hydrogens is 404 g/mol. The molecule has 1 aromatic heterocycles. The fourth-order valence-electron chi connectivity index (χ4n) is 3.77. The van der Waals surface area contributed by atoms with Crippen LogP contribution in [-0.4, -0.2) is 37.8 Å². The number of sulfonamides is 1. The molecule has 7 nitrogen and oxygen atoms in total. The van der Waals surface area contributed by atoms with Gasteiger partial charge in [-0.25, -0.2) is 8.42 Å². The fraction of sp³-hybridized carbons (Fsp3) is 0.500. The Hall–Kier alpha value is -2.32. The van der Waals surface area contributed by atoms with Gasteiger partial charge in [0.2, 0.25) is 15.9 Å². The lowest BCUT2D eigenvalue weighted by molar-refractivity contribution is -0.122. The van der Waals surface area contributed by atoms with E-state index in [1.807, 2.05) is 6.92 Å². The van der Waals surface area contributed by atoms with Gasteiger partial charge in [-0.1, -0.05) is 19.8 Å². The van der Waals surface area contributed by atoms with Gasteiger partial charge in [0, 0.05) is 6.04 Å². The van der Waals surface area contributed by atoms with E-state index in [9.17, 15) is 13.2 Å². The van der Waals surface area contributed by atoms with Gasteiger partial charge in [-0.05, 0) is 62.1 Å². The van der Waals surface area contributed by atoms with E-state index in [-0.39, 0.29) is 29.9 Å². The van der Waals surface area contributed by atoms with Crippen molar-refractivity contribution in [3.8, 4) is 5.75 Å². The smallest absolute Gasteiger partial charge is 0.243 e. The van der Waals surface area contributed by atoms with Gasteiger partial charge in [0.15, 0.2) is 0 Å². The van der Waals surface area contributed by atoms with Gasteiger partial charge in [-0.15, -0.1) is 0 Å². The third-order valence-corrected chi connectivity index (χ3v) is 7.27. The molecule has 0 unspecified atom stereocenters. The number of carbonyl (C=O) groups excluding carboxylic acids is 1. The molecule has 0 radical (unpaired) electrons. The number of ether oxygens (including phenoxy) is 1. The van der Waals surface area contributed by atoms with Crippen molar-refractivity contribution in [3.63, 3.8) is 0 Å². The van der Waals surface area contributed by atoms with Gasteiger partial charge in [-0.2, -0.15) is 4.31 Å². The Morgan fingerprint density at radius 1 is 1.20 bits per heavy atom. The summed E-state index contributed by atoms with van der Waals surface area (Å²) < 4.78 is 38.5. The first kappa shape index (κ1) is 22.4. The van der Waals surface area contributed by atoms with Crippen LogP contribution in [0.3, 0.4) is 0 Å². The number of benzene rings is 1. The normalized spacial score (nSPS) is 19.6. The molecule has 1 fully saturated rings. The summed E-state index contributed by atoms with van der Waals surface area (Å²) in [5, 5.41) is 3.03. The van der Waals surface area contributed by atoms with Crippen LogP contribution in [-0.2, 0) is 21.4 Å². The molecule has 1 heterocycles. The number of amides is 1. The standard InChI is InChI=1S/C22H30N2O5S/c1-3-28-18-10-12-20(13-11-18)30(26,27)24(15-19-8-6-14-29-19)16-22(25)23-21-9-5-4-7-17(21)2/h6,8,10-14,17,21H,3-5,7,9,15-16H2,1-2H3,(H,23,25)/t17-,21+/m1/s1. The lowest BCUT2D eigenvalue weighted by Crippen LogP contribution is -2.46. The van der Waals surface area contributed by atoms with E-state index >= 15 is 0 Å². The molecule has 1 amide bonds. The highest BCUT2D eigenvalue weighted by atomic mass is 32.2. The molecule has 1 aliphatic rings. The van der Waals surface area contributed by atoms with E-state index < -0.39 is 10.0 Å². The van der Waals surface area contributed by atoms with Crippen molar-refractivity contribution in [1.82, 2.24) is 9.62 Å². The van der Waals surface area contributed by atoms with Crippen LogP contribution < -0.4 is 10.1 Å². The SMILES string of the molecule is CCOc1ccc(S(=O)(=O)N(CC(=O)N[C@H]2CCCC[C@H]2C)Cc2ccco2)cc1. The zero-order chi connectivity index (χ0) is 21.6. The van der Waals surface area contributed by atoms with Crippen molar-refractivity contribution < 1.29 is 22.4 Å². The Labute approximate surface area is 178 Å². The molecule has 0 bridgehead atoms. The Morgan fingerprint density at radius 2 is 1.93 bits per heavy atom. The zero-order valence-corrected chi connectivity index (χ0v) is 18.4. The van der Waals surface area contributed by atoms with E-state index in [0.717, 1.165) is 23.6 Å². The third kappa shape index (κ3) is 5.64. The second-order valence-electron chi connectivity index (χ2n) is 7.69. The summed E-state index contributed by atoms with van der Waals surface area (Å²) in [7, 11) is -3.90. The highest BCUT2D eigenvalue weighted by Crippen LogP contribution is 2.24. The molecule has 0 saturated heterocycles. The van der Waals surface area contributed by atoms with Crippen molar-refractivity contribution in [1.29, 1.82) is 0 Å². The van der Waals surface area contributed by atoms with Gasteiger partial charge in [0.05, 0.1) is 30.9 Å². The Kier molecular flexibility index (Phi) is 7.55. The second kappa shape index (κ2) is 10.1. The van der Waals surface area contributed by atoms with Gasteiger partial charge in [0.25, 0.3) is 0 Å². The van der Waals surface area contributed by atoms with E-state index in [0.29, 0.717) is 24.0 Å². The molecule has 1 aliphatic carbocycles. The summed E-state index contributed by atoms with van der Waals surface area (Å²) in [6.45, 7) is 4.20. The number of nitrogens with zero attached hydrogens (tertiary/aromatic N) is 1. The topological polar surface area (TPSA) is 88.9 Å². The Morgan fingerprint density at radius 3 is 2.57 bits per heavy atom. The van der Waals surface area contributed by atoms with Gasteiger partial charge in [0.1, 0.15) is 11.5 Å². The van der Waals surface area contributed by atoms with Crippen LogP contribution in [0.5, 0.6) is 5.75 Å². The van der Waals surface area contributed by atoms with Crippen LogP contribution in [0.4, 0.5) is 0 Å². The number of hydrogen-bond donors (Lipinski definition) is 1. The van der Waals surface area contributed by atoms with E-state index in [4.69, 9.17) is 9.15 Å². The van der Waals surface area contributed by atoms with Crippen LogP contribution in [0.2, 0.25) is 0 Å². The van der Waals surface area contributed by atoms with Crippen molar-refractivity contribution in [2.45, 2.75) is 57.0 Å². The minimum atomic E-state index is -3.90. The molecule has 1 saturated carbocycles. The predicted molar refractivity (Wildman–Crippen MR) is 113 cm³/mol.